The van der Waals surface area contributed by atoms with Gasteiger partial charge < -0.3 is 45.2 Å². The Morgan fingerprint density at radius 2 is 1.54 bits per heavy atom. The van der Waals surface area contributed by atoms with Gasteiger partial charge in [0.2, 0.25) is 6.29 Å². The predicted molar refractivity (Wildman–Crippen MR) is 168 cm³/mol. The molecule has 15 atom stereocenters. The van der Waals surface area contributed by atoms with Crippen molar-refractivity contribution >= 4 is 5.97 Å². The summed E-state index contributed by atoms with van der Waals surface area (Å²) in [6.45, 7) is 12.7. The number of esters is 1. The summed E-state index contributed by atoms with van der Waals surface area (Å²) in [7, 11) is 0. The lowest BCUT2D eigenvalue weighted by atomic mass is 9.33. The zero-order chi connectivity index (χ0) is 33.8. The van der Waals surface area contributed by atoms with E-state index in [-0.39, 0.29) is 46.0 Å². The highest BCUT2D eigenvalue weighted by molar-refractivity contribution is 5.79. The quantitative estimate of drug-likeness (QED) is 0.177. The highest BCUT2D eigenvalue weighted by atomic mass is 16.7. The number of hydrogen-bond acceptors (Lipinski definition) is 10. The Morgan fingerprint density at radius 1 is 0.870 bits per heavy atom. The second-order valence-electron chi connectivity index (χ2n) is 17.9. The number of fused-ring (bicyclic) bond motifs is 7. The van der Waals surface area contributed by atoms with Crippen LogP contribution in [0.25, 0.3) is 0 Å². The minimum absolute atomic E-state index is 0.00930. The molecule has 0 aromatic heterocycles. The van der Waals surface area contributed by atoms with E-state index in [0.717, 1.165) is 38.5 Å². The average molecular weight is 651 g/mol. The van der Waals surface area contributed by atoms with Crippen molar-refractivity contribution in [2.24, 2.45) is 50.2 Å². The molecular weight excluding hydrogens is 592 g/mol. The lowest BCUT2D eigenvalue weighted by Crippen LogP contribution is -2.68. The number of carbonyl (C=O) groups excluding carboxylic acids is 1. The monoisotopic (exact) mass is 650 g/mol. The summed E-state index contributed by atoms with van der Waals surface area (Å²) in [5.74, 6) is -0.293. The maximum atomic E-state index is 14.4. The zero-order valence-electron chi connectivity index (χ0n) is 28.5. The maximum absolute atomic E-state index is 14.4. The molecule has 0 spiro atoms. The Bertz CT molecular complexity index is 1240. The Hall–Kier alpha value is -1.11. The fourth-order valence-corrected chi connectivity index (χ4v) is 12.1. The Kier molecular flexibility index (Phi) is 8.46. The standard InChI is InChI=1S/C36H58O10/c1-31(2)11-13-36(30(44)46-29-27(42)26(41)25(40)22(17-37)45-29)14-12-34(5)19(20(36)15-31)7-8-24-32(3)16-21(39)28(43)33(4,18-38)23(32)9-10-35(24,34)6/h7,20-29,37-43H,8-18H2,1-6H3/t20?,21-,22-,23?,24?,25-,26+,27-,28+,29+,32+,33+,34-,35-,36+/m1/s1. The molecule has 5 fully saturated rings. The number of ether oxygens (including phenoxy) is 2. The third kappa shape index (κ3) is 4.60. The average Bonchev–Trinajstić information content (AvgIpc) is 3.00. The van der Waals surface area contributed by atoms with Gasteiger partial charge in [-0.3, -0.25) is 4.79 Å². The van der Waals surface area contributed by atoms with Gasteiger partial charge in [0.15, 0.2) is 0 Å². The van der Waals surface area contributed by atoms with Crippen LogP contribution in [0.1, 0.15) is 99.3 Å². The minimum Gasteiger partial charge on any atom is -0.432 e. The molecule has 1 saturated heterocycles. The van der Waals surface area contributed by atoms with Gasteiger partial charge >= 0.3 is 5.97 Å². The highest BCUT2D eigenvalue weighted by Crippen LogP contribution is 2.75. The van der Waals surface area contributed by atoms with Gasteiger partial charge in [-0.05, 0) is 97.2 Å². The Labute approximate surface area is 273 Å². The molecule has 0 amide bonds. The number of allylic oxidation sites excluding steroid dienone is 2. The third-order valence-corrected chi connectivity index (χ3v) is 15.2. The van der Waals surface area contributed by atoms with E-state index in [1.165, 1.54) is 5.57 Å². The number of aliphatic hydroxyl groups is 7. The first-order valence-corrected chi connectivity index (χ1v) is 17.5. The normalized spacial score (nSPS) is 54.8. The molecular formula is C36H58O10. The van der Waals surface area contributed by atoms with Crippen molar-refractivity contribution in [2.45, 2.75) is 142 Å². The van der Waals surface area contributed by atoms with Crippen LogP contribution in [-0.4, -0.2) is 97.8 Å². The van der Waals surface area contributed by atoms with Gasteiger partial charge in [-0.25, -0.2) is 0 Å². The van der Waals surface area contributed by atoms with Gasteiger partial charge in [-0.15, -0.1) is 0 Å². The zero-order valence-corrected chi connectivity index (χ0v) is 28.5. The highest BCUT2D eigenvalue weighted by Gasteiger charge is 2.71. The van der Waals surface area contributed by atoms with E-state index >= 15 is 0 Å². The lowest BCUT2D eigenvalue weighted by molar-refractivity contribution is -0.297. The van der Waals surface area contributed by atoms with Crippen LogP contribution in [0.15, 0.2) is 11.6 Å². The first-order chi connectivity index (χ1) is 21.3. The molecule has 7 N–H and O–H groups in total. The smallest absolute Gasteiger partial charge is 0.315 e. The van der Waals surface area contributed by atoms with Crippen molar-refractivity contribution in [2.75, 3.05) is 13.2 Å². The number of hydrogen-bond donors (Lipinski definition) is 7. The van der Waals surface area contributed by atoms with Crippen molar-refractivity contribution in [3.8, 4) is 0 Å². The van der Waals surface area contributed by atoms with E-state index in [2.05, 4.69) is 40.7 Å². The van der Waals surface area contributed by atoms with E-state index in [9.17, 15) is 40.5 Å². The first-order valence-electron chi connectivity index (χ1n) is 17.5. The summed E-state index contributed by atoms with van der Waals surface area (Å²) in [4.78, 5) is 14.4. The molecule has 10 nitrogen and oxygen atoms in total. The Balaban J connectivity index is 1.36. The number of rotatable bonds is 4. The molecule has 262 valence electrons. The minimum atomic E-state index is -1.65. The van der Waals surface area contributed by atoms with Crippen LogP contribution in [0.4, 0.5) is 0 Å². The molecule has 0 aromatic carbocycles. The van der Waals surface area contributed by atoms with Gasteiger partial charge in [-0.2, -0.15) is 0 Å². The second-order valence-corrected chi connectivity index (χ2v) is 17.9. The molecule has 1 heterocycles. The van der Waals surface area contributed by atoms with Crippen LogP contribution in [0.2, 0.25) is 0 Å². The van der Waals surface area contributed by atoms with E-state index in [1.54, 1.807) is 0 Å². The van der Waals surface area contributed by atoms with E-state index in [4.69, 9.17) is 9.47 Å². The number of carbonyl (C=O) groups is 1. The summed E-state index contributed by atoms with van der Waals surface area (Å²) in [5.41, 5.74) is -1.02. The fraction of sp³-hybridized carbons (Fsp3) is 0.917. The van der Waals surface area contributed by atoms with E-state index < -0.39 is 66.3 Å². The number of aliphatic hydroxyl groups excluding tert-OH is 7. The summed E-state index contributed by atoms with van der Waals surface area (Å²) < 4.78 is 11.5. The van der Waals surface area contributed by atoms with Crippen molar-refractivity contribution in [3.63, 3.8) is 0 Å². The SMILES string of the molecule is CC1(C)CC[C@]2(C(=O)O[C@@H]3O[C@H](CO)[C@@H](O)[C@H](O)[C@H]3O)CC[C@]3(C)C(=CCC4[C@@]5(C)C[C@@H](O)[C@H](O)[C@@](C)(CO)C5CC[C@]43C)C2C1. The molecule has 0 bridgehead atoms. The van der Waals surface area contributed by atoms with Gasteiger partial charge in [0.25, 0.3) is 0 Å². The van der Waals surface area contributed by atoms with Crippen LogP contribution in [0.3, 0.4) is 0 Å². The van der Waals surface area contributed by atoms with E-state index in [0.29, 0.717) is 19.3 Å². The summed E-state index contributed by atoms with van der Waals surface area (Å²) in [6, 6.07) is 0. The van der Waals surface area contributed by atoms with Gasteiger partial charge in [-0.1, -0.05) is 53.2 Å². The predicted octanol–water partition coefficient (Wildman–Crippen LogP) is 2.44. The molecule has 6 rings (SSSR count). The van der Waals surface area contributed by atoms with Crippen LogP contribution in [-0.2, 0) is 14.3 Å². The van der Waals surface area contributed by atoms with Crippen LogP contribution < -0.4 is 0 Å². The van der Waals surface area contributed by atoms with Crippen molar-refractivity contribution < 1.29 is 50.0 Å². The molecule has 6 aliphatic rings. The van der Waals surface area contributed by atoms with Gasteiger partial charge in [0.1, 0.15) is 24.4 Å². The second kappa shape index (κ2) is 11.2. The topological polar surface area (TPSA) is 177 Å². The van der Waals surface area contributed by atoms with Crippen LogP contribution in [0.5, 0.6) is 0 Å². The van der Waals surface area contributed by atoms with Crippen LogP contribution in [0, 0.1) is 50.2 Å². The van der Waals surface area contributed by atoms with Crippen molar-refractivity contribution in [1.82, 2.24) is 0 Å². The molecule has 1 aliphatic heterocycles. The summed E-state index contributed by atoms with van der Waals surface area (Å²) >= 11 is 0. The third-order valence-electron chi connectivity index (χ3n) is 15.2. The molecule has 4 saturated carbocycles. The molecule has 5 aliphatic carbocycles. The van der Waals surface area contributed by atoms with Gasteiger partial charge in [0.05, 0.1) is 30.8 Å². The molecule has 3 unspecified atom stereocenters. The van der Waals surface area contributed by atoms with Gasteiger partial charge in [0, 0.05) is 5.41 Å². The molecule has 0 aromatic rings. The summed E-state index contributed by atoms with van der Waals surface area (Å²) in [6.07, 6.45) is -0.357. The fourth-order valence-electron chi connectivity index (χ4n) is 12.1. The molecule has 0 radical (unpaired) electrons. The maximum Gasteiger partial charge on any atom is 0.315 e. The van der Waals surface area contributed by atoms with E-state index in [1.807, 2.05) is 6.92 Å². The Morgan fingerprint density at radius 3 is 2.20 bits per heavy atom. The van der Waals surface area contributed by atoms with Crippen molar-refractivity contribution in [3.05, 3.63) is 11.6 Å². The first kappa shape index (κ1) is 34.7. The van der Waals surface area contributed by atoms with Crippen molar-refractivity contribution in [1.29, 1.82) is 0 Å². The van der Waals surface area contributed by atoms with Crippen LogP contribution >= 0.6 is 0 Å². The molecule has 10 heteroatoms. The summed E-state index contributed by atoms with van der Waals surface area (Å²) in [5, 5.41) is 73.8. The molecule has 46 heavy (non-hydrogen) atoms. The largest absolute Gasteiger partial charge is 0.432 e. The lowest BCUT2D eigenvalue weighted by Gasteiger charge is -2.71.